The standard InChI is InChI=1S/C16H12F3N3S2/c17-16(18,19)12-6-4-5-11(9-12)10-23-15-22-21-14(24-15)20-13-7-2-1-3-8-13/h1-9H,10H2,(H,20,21). The van der Waals surface area contributed by atoms with E-state index in [-0.39, 0.29) is 0 Å². The third kappa shape index (κ3) is 4.48. The number of nitrogens with one attached hydrogen (secondary N) is 1. The summed E-state index contributed by atoms with van der Waals surface area (Å²) in [4.78, 5) is 0. The number of anilines is 2. The maximum atomic E-state index is 12.7. The first-order valence-electron chi connectivity index (χ1n) is 6.95. The Labute approximate surface area is 144 Å². The second-order valence-corrected chi connectivity index (χ2v) is 7.05. The quantitative estimate of drug-likeness (QED) is 0.596. The third-order valence-corrected chi connectivity index (χ3v) is 5.09. The molecule has 0 spiro atoms. The van der Waals surface area contributed by atoms with E-state index >= 15 is 0 Å². The van der Waals surface area contributed by atoms with Crippen LogP contribution < -0.4 is 5.32 Å². The molecule has 8 heteroatoms. The topological polar surface area (TPSA) is 37.8 Å². The van der Waals surface area contributed by atoms with Crippen molar-refractivity contribution in [3.63, 3.8) is 0 Å². The van der Waals surface area contributed by atoms with Gasteiger partial charge < -0.3 is 5.32 Å². The Morgan fingerprint density at radius 2 is 1.79 bits per heavy atom. The highest BCUT2D eigenvalue weighted by Gasteiger charge is 2.30. The maximum Gasteiger partial charge on any atom is 0.416 e. The Kier molecular flexibility index (Phi) is 5.06. The van der Waals surface area contributed by atoms with E-state index < -0.39 is 11.7 Å². The molecule has 24 heavy (non-hydrogen) atoms. The number of alkyl halides is 3. The zero-order valence-corrected chi connectivity index (χ0v) is 13.9. The van der Waals surface area contributed by atoms with Crippen LogP contribution in [0.2, 0.25) is 0 Å². The fourth-order valence-corrected chi connectivity index (χ4v) is 3.66. The lowest BCUT2D eigenvalue weighted by Gasteiger charge is -2.07. The minimum Gasteiger partial charge on any atom is -0.330 e. The number of halogens is 3. The first-order valence-corrected chi connectivity index (χ1v) is 8.75. The first kappa shape index (κ1) is 16.8. The molecule has 1 heterocycles. The average molecular weight is 367 g/mol. The van der Waals surface area contributed by atoms with Crippen molar-refractivity contribution in [1.29, 1.82) is 0 Å². The molecular weight excluding hydrogens is 355 g/mol. The lowest BCUT2D eigenvalue weighted by molar-refractivity contribution is -0.137. The summed E-state index contributed by atoms with van der Waals surface area (Å²) in [5, 5.41) is 11.9. The summed E-state index contributed by atoms with van der Waals surface area (Å²) in [6.07, 6.45) is -4.32. The molecule has 1 N–H and O–H groups in total. The molecule has 124 valence electrons. The summed E-state index contributed by atoms with van der Waals surface area (Å²) in [7, 11) is 0. The van der Waals surface area contributed by atoms with Crippen molar-refractivity contribution in [2.45, 2.75) is 16.3 Å². The van der Waals surface area contributed by atoms with Gasteiger partial charge in [-0.2, -0.15) is 13.2 Å². The molecule has 0 saturated heterocycles. The molecule has 0 saturated carbocycles. The minimum absolute atomic E-state index is 0.407. The van der Waals surface area contributed by atoms with Crippen LogP contribution in [0.1, 0.15) is 11.1 Å². The Balaban J connectivity index is 1.62. The van der Waals surface area contributed by atoms with Crippen LogP contribution in [0, 0.1) is 0 Å². The Morgan fingerprint density at radius 3 is 2.54 bits per heavy atom. The predicted octanol–water partition coefficient (Wildman–Crippen LogP) is 5.59. The molecule has 3 rings (SSSR count). The van der Waals surface area contributed by atoms with E-state index in [1.807, 2.05) is 30.3 Å². The minimum atomic E-state index is -4.32. The van der Waals surface area contributed by atoms with Crippen LogP contribution in [-0.2, 0) is 11.9 Å². The van der Waals surface area contributed by atoms with Crippen LogP contribution in [0.25, 0.3) is 0 Å². The van der Waals surface area contributed by atoms with E-state index in [0.717, 1.165) is 17.8 Å². The number of nitrogens with zero attached hydrogens (tertiary/aromatic N) is 2. The number of rotatable bonds is 5. The molecule has 3 nitrogen and oxygen atoms in total. The van der Waals surface area contributed by atoms with Crippen LogP contribution in [0.5, 0.6) is 0 Å². The molecular formula is C16H12F3N3S2. The van der Waals surface area contributed by atoms with Gasteiger partial charge in [0, 0.05) is 11.4 Å². The summed E-state index contributed by atoms with van der Waals surface area (Å²) < 4.78 is 38.8. The lowest BCUT2D eigenvalue weighted by atomic mass is 10.1. The molecule has 0 fully saturated rings. The van der Waals surface area contributed by atoms with Gasteiger partial charge in [0.15, 0.2) is 4.34 Å². The number of para-hydroxylation sites is 1. The largest absolute Gasteiger partial charge is 0.416 e. The maximum absolute atomic E-state index is 12.7. The summed E-state index contributed by atoms with van der Waals surface area (Å²) in [5.74, 6) is 0.407. The van der Waals surface area contributed by atoms with Gasteiger partial charge in [-0.15, -0.1) is 10.2 Å². The van der Waals surface area contributed by atoms with Crippen LogP contribution in [-0.4, -0.2) is 10.2 Å². The highest BCUT2D eigenvalue weighted by Crippen LogP contribution is 2.33. The SMILES string of the molecule is FC(F)(F)c1cccc(CSc2nnc(Nc3ccccc3)s2)c1. The van der Waals surface area contributed by atoms with Gasteiger partial charge in [0.25, 0.3) is 0 Å². The molecule has 0 amide bonds. The summed E-state index contributed by atoms with van der Waals surface area (Å²) >= 11 is 2.73. The molecule has 0 bridgehead atoms. The third-order valence-electron chi connectivity index (χ3n) is 3.05. The number of benzene rings is 2. The van der Waals surface area contributed by atoms with Crippen LogP contribution in [0.15, 0.2) is 58.9 Å². The van der Waals surface area contributed by atoms with Gasteiger partial charge in [-0.1, -0.05) is 59.5 Å². The molecule has 0 aliphatic heterocycles. The molecule has 0 unspecified atom stereocenters. The van der Waals surface area contributed by atoms with Gasteiger partial charge >= 0.3 is 6.18 Å². The zero-order chi connectivity index (χ0) is 17.0. The van der Waals surface area contributed by atoms with Crippen molar-refractivity contribution in [2.75, 3.05) is 5.32 Å². The Bertz CT molecular complexity index is 804. The number of hydrogen-bond donors (Lipinski definition) is 1. The van der Waals surface area contributed by atoms with Crippen molar-refractivity contribution in [2.24, 2.45) is 0 Å². The van der Waals surface area contributed by atoms with E-state index in [4.69, 9.17) is 0 Å². The summed E-state index contributed by atoms with van der Waals surface area (Å²) in [6.45, 7) is 0. The van der Waals surface area contributed by atoms with Crippen molar-refractivity contribution in [3.8, 4) is 0 Å². The highest BCUT2D eigenvalue weighted by molar-refractivity contribution is 8.00. The van der Waals surface area contributed by atoms with E-state index in [1.54, 1.807) is 6.07 Å². The normalized spacial score (nSPS) is 11.5. The van der Waals surface area contributed by atoms with E-state index in [0.29, 0.717) is 20.8 Å². The van der Waals surface area contributed by atoms with Gasteiger partial charge in [0.1, 0.15) is 0 Å². The monoisotopic (exact) mass is 367 g/mol. The first-order chi connectivity index (χ1) is 11.5. The summed E-state index contributed by atoms with van der Waals surface area (Å²) in [6, 6.07) is 14.9. The lowest BCUT2D eigenvalue weighted by Crippen LogP contribution is -2.04. The molecule has 1 aromatic heterocycles. The van der Waals surface area contributed by atoms with Gasteiger partial charge in [0.05, 0.1) is 5.56 Å². The van der Waals surface area contributed by atoms with E-state index in [2.05, 4.69) is 15.5 Å². The highest BCUT2D eigenvalue weighted by atomic mass is 32.2. The molecule has 0 aliphatic rings. The second kappa shape index (κ2) is 7.23. The predicted molar refractivity (Wildman–Crippen MR) is 90.6 cm³/mol. The number of aromatic nitrogens is 2. The fourth-order valence-electron chi connectivity index (χ4n) is 1.95. The molecule has 2 aromatic carbocycles. The fraction of sp³-hybridized carbons (Fsp3) is 0.125. The molecule has 0 radical (unpaired) electrons. The average Bonchev–Trinajstić information content (AvgIpc) is 3.01. The summed E-state index contributed by atoms with van der Waals surface area (Å²) in [5.41, 5.74) is 0.870. The van der Waals surface area contributed by atoms with Crippen molar-refractivity contribution >= 4 is 33.9 Å². The molecule has 0 aliphatic carbocycles. The number of thioether (sulfide) groups is 1. The van der Waals surface area contributed by atoms with E-state index in [9.17, 15) is 13.2 Å². The number of hydrogen-bond acceptors (Lipinski definition) is 5. The van der Waals surface area contributed by atoms with Crippen LogP contribution in [0.3, 0.4) is 0 Å². The van der Waals surface area contributed by atoms with Gasteiger partial charge in [-0.25, -0.2) is 0 Å². The van der Waals surface area contributed by atoms with Crippen LogP contribution >= 0.6 is 23.1 Å². The van der Waals surface area contributed by atoms with Crippen molar-refractivity contribution < 1.29 is 13.2 Å². The van der Waals surface area contributed by atoms with Crippen LogP contribution in [0.4, 0.5) is 24.0 Å². The van der Waals surface area contributed by atoms with E-state index in [1.165, 1.54) is 29.2 Å². The van der Waals surface area contributed by atoms with Gasteiger partial charge in [0.2, 0.25) is 5.13 Å². The zero-order valence-electron chi connectivity index (χ0n) is 12.2. The molecule has 3 aromatic rings. The van der Waals surface area contributed by atoms with Gasteiger partial charge in [-0.3, -0.25) is 0 Å². The van der Waals surface area contributed by atoms with Crippen molar-refractivity contribution in [3.05, 3.63) is 65.7 Å². The second-order valence-electron chi connectivity index (χ2n) is 4.85. The molecule has 0 atom stereocenters. The Hall–Kier alpha value is -2.06. The van der Waals surface area contributed by atoms with Gasteiger partial charge in [-0.05, 0) is 23.8 Å². The Morgan fingerprint density at radius 1 is 1.00 bits per heavy atom. The van der Waals surface area contributed by atoms with Crippen molar-refractivity contribution in [1.82, 2.24) is 10.2 Å². The smallest absolute Gasteiger partial charge is 0.330 e.